The van der Waals surface area contributed by atoms with Crippen LogP contribution in [0.15, 0.2) is 42.5 Å². The molecule has 0 radical (unpaired) electrons. The molecular weight excluding hydrogens is 214 g/mol. The Hall–Kier alpha value is -1.87. The third-order valence-electron chi connectivity index (χ3n) is 2.90. The molecule has 88 valence electrons. The van der Waals surface area contributed by atoms with Gasteiger partial charge in [0.15, 0.2) is 0 Å². The van der Waals surface area contributed by atoms with Gasteiger partial charge in [0, 0.05) is 5.56 Å². The number of fused-ring (bicyclic) bond motifs is 1. The minimum atomic E-state index is -0.224. The number of quaternary nitrogens is 1. The number of carbonyl (C=O) groups excluding carboxylic acids is 1. The first-order valence-electron chi connectivity index (χ1n) is 5.60. The van der Waals surface area contributed by atoms with E-state index >= 15 is 0 Å². The van der Waals surface area contributed by atoms with Gasteiger partial charge in [0.1, 0.15) is 12.5 Å². The number of benzene rings is 2. The van der Waals surface area contributed by atoms with E-state index < -0.39 is 0 Å². The lowest BCUT2D eigenvalue weighted by atomic mass is 9.97. The van der Waals surface area contributed by atoms with Crippen molar-refractivity contribution in [1.82, 2.24) is 0 Å². The quantitative estimate of drug-likeness (QED) is 0.816. The zero-order chi connectivity index (χ0) is 12.3. The molecule has 0 heterocycles. The number of methoxy groups -OCH3 is 1. The summed E-state index contributed by atoms with van der Waals surface area (Å²) in [5.74, 6) is -0.224. The summed E-state index contributed by atoms with van der Waals surface area (Å²) < 4.78 is 4.68. The third-order valence-corrected chi connectivity index (χ3v) is 2.90. The number of hydrogen-bond acceptors (Lipinski definition) is 2. The summed E-state index contributed by atoms with van der Waals surface area (Å²) >= 11 is 0. The molecule has 2 aromatic rings. The molecule has 3 nitrogen and oxygen atoms in total. The lowest BCUT2D eigenvalue weighted by Gasteiger charge is -2.10. The molecule has 0 bridgehead atoms. The molecule has 0 aliphatic rings. The topological polar surface area (TPSA) is 53.9 Å². The Kier molecular flexibility index (Phi) is 3.40. The van der Waals surface area contributed by atoms with E-state index in [1.807, 2.05) is 24.3 Å². The van der Waals surface area contributed by atoms with E-state index in [-0.39, 0.29) is 12.0 Å². The van der Waals surface area contributed by atoms with E-state index in [2.05, 4.69) is 28.7 Å². The summed E-state index contributed by atoms with van der Waals surface area (Å²) in [7, 11) is 1.40. The highest BCUT2D eigenvalue weighted by atomic mass is 16.5. The fourth-order valence-electron chi connectivity index (χ4n) is 2.00. The predicted octanol–water partition coefficient (Wildman–Crippen LogP) is 1.69. The smallest absolute Gasteiger partial charge is 0.311 e. The number of esters is 1. The van der Waals surface area contributed by atoms with Crippen molar-refractivity contribution in [2.75, 3.05) is 7.11 Å². The maximum absolute atomic E-state index is 11.3. The van der Waals surface area contributed by atoms with Gasteiger partial charge in [-0.05, 0) is 10.8 Å². The number of rotatable bonds is 3. The van der Waals surface area contributed by atoms with Crippen LogP contribution in [0.4, 0.5) is 0 Å². The molecule has 2 aromatic carbocycles. The Morgan fingerprint density at radius 2 is 1.94 bits per heavy atom. The van der Waals surface area contributed by atoms with Gasteiger partial charge in [-0.2, -0.15) is 0 Å². The lowest BCUT2D eigenvalue weighted by molar-refractivity contribution is -0.425. The Labute approximate surface area is 100 Å². The van der Waals surface area contributed by atoms with Gasteiger partial charge in [-0.15, -0.1) is 0 Å². The molecule has 1 atom stereocenters. The highest BCUT2D eigenvalue weighted by Gasteiger charge is 2.17. The summed E-state index contributed by atoms with van der Waals surface area (Å²) in [6.07, 6.45) is 0.310. The van der Waals surface area contributed by atoms with E-state index in [0.717, 1.165) is 10.9 Å². The molecular formula is C14H16NO2+. The Morgan fingerprint density at radius 1 is 1.24 bits per heavy atom. The molecule has 0 saturated carbocycles. The third kappa shape index (κ3) is 2.45. The van der Waals surface area contributed by atoms with E-state index in [9.17, 15) is 4.79 Å². The van der Waals surface area contributed by atoms with Crippen LogP contribution in [0.5, 0.6) is 0 Å². The van der Waals surface area contributed by atoms with Crippen molar-refractivity contribution < 1.29 is 15.3 Å². The van der Waals surface area contributed by atoms with E-state index in [0.29, 0.717) is 6.42 Å². The minimum Gasteiger partial charge on any atom is -0.469 e. The molecule has 0 saturated heterocycles. The summed E-state index contributed by atoms with van der Waals surface area (Å²) in [6, 6.07) is 14.1. The zero-order valence-corrected chi connectivity index (χ0v) is 9.85. The first kappa shape index (κ1) is 11.6. The van der Waals surface area contributed by atoms with Gasteiger partial charge in [-0.3, -0.25) is 4.79 Å². The normalized spacial score (nSPS) is 12.4. The van der Waals surface area contributed by atoms with Crippen LogP contribution in [0.1, 0.15) is 18.0 Å². The average molecular weight is 230 g/mol. The molecule has 0 spiro atoms. The summed E-state index contributed by atoms with van der Waals surface area (Å²) in [5, 5.41) is 2.32. The van der Waals surface area contributed by atoms with Gasteiger partial charge in [0.2, 0.25) is 0 Å². The lowest BCUT2D eigenvalue weighted by Crippen LogP contribution is -2.54. The Balaban J connectivity index is 2.38. The fraction of sp³-hybridized carbons (Fsp3) is 0.214. The minimum absolute atomic E-state index is 0.0754. The van der Waals surface area contributed by atoms with Crippen molar-refractivity contribution in [2.24, 2.45) is 0 Å². The summed E-state index contributed by atoms with van der Waals surface area (Å²) in [6.45, 7) is 0. The van der Waals surface area contributed by atoms with E-state index in [1.54, 1.807) is 0 Å². The second kappa shape index (κ2) is 4.97. The second-order valence-electron chi connectivity index (χ2n) is 4.05. The fourth-order valence-corrected chi connectivity index (χ4v) is 2.00. The molecule has 0 aliphatic carbocycles. The highest BCUT2D eigenvalue weighted by molar-refractivity contribution is 5.86. The van der Waals surface area contributed by atoms with Crippen LogP contribution in [-0.2, 0) is 9.53 Å². The van der Waals surface area contributed by atoms with E-state index in [4.69, 9.17) is 0 Å². The van der Waals surface area contributed by atoms with Crippen LogP contribution in [-0.4, -0.2) is 13.1 Å². The van der Waals surface area contributed by atoms with Crippen LogP contribution in [0.25, 0.3) is 10.8 Å². The summed E-state index contributed by atoms with van der Waals surface area (Å²) in [5.41, 5.74) is 5.14. The van der Waals surface area contributed by atoms with Crippen LogP contribution in [0.2, 0.25) is 0 Å². The van der Waals surface area contributed by atoms with Gasteiger partial charge in [0.05, 0.1) is 7.11 Å². The monoisotopic (exact) mass is 230 g/mol. The predicted molar refractivity (Wildman–Crippen MR) is 66.2 cm³/mol. The Morgan fingerprint density at radius 3 is 2.71 bits per heavy atom. The number of hydrogen-bond donors (Lipinski definition) is 1. The maximum atomic E-state index is 11.3. The van der Waals surface area contributed by atoms with Gasteiger partial charge >= 0.3 is 5.97 Å². The molecule has 0 amide bonds. The van der Waals surface area contributed by atoms with Crippen molar-refractivity contribution in [3.05, 3.63) is 48.0 Å². The summed E-state index contributed by atoms with van der Waals surface area (Å²) in [4.78, 5) is 11.3. The zero-order valence-electron chi connectivity index (χ0n) is 9.85. The van der Waals surface area contributed by atoms with Gasteiger partial charge in [-0.25, -0.2) is 0 Å². The van der Waals surface area contributed by atoms with Crippen molar-refractivity contribution in [3.63, 3.8) is 0 Å². The molecule has 0 unspecified atom stereocenters. The standard InChI is InChI=1S/C14H15NO2/c1-17-14(16)9-13(15)12-8-4-6-10-5-2-3-7-11(10)12/h2-8,13H,9,15H2,1H3/p+1/t13-/m0/s1. The second-order valence-corrected chi connectivity index (χ2v) is 4.05. The average Bonchev–Trinajstić information content (AvgIpc) is 2.37. The van der Waals surface area contributed by atoms with Crippen LogP contribution in [0.3, 0.4) is 0 Å². The molecule has 17 heavy (non-hydrogen) atoms. The van der Waals surface area contributed by atoms with Crippen LogP contribution in [0, 0.1) is 0 Å². The first-order chi connectivity index (χ1) is 8.22. The largest absolute Gasteiger partial charge is 0.469 e. The molecule has 0 aromatic heterocycles. The van der Waals surface area contributed by atoms with Crippen LogP contribution >= 0.6 is 0 Å². The van der Waals surface area contributed by atoms with Gasteiger partial charge in [0.25, 0.3) is 0 Å². The van der Waals surface area contributed by atoms with Gasteiger partial charge in [-0.1, -0.05) is 42.5 Å². The SMILES string of the molecule is COC(=O)C[C@H]([NH3+])c1cccc2ccccc12. The molecule has 2 rings (SSSR count). The van der Waals surface area contributed by atoms with E-state index in [1.165, 1.54) is 12.5 Å². The molecule has 0 aliphatic heterocycles. The van der Waals surface area contributed by atoms with Crippen molar-refractivity contribution in [2.45, 2.75) is 12.5 Å². The molecule has 3 heteroatoms. The Bertz CT molecular complexity index is 531. The maximum Gasteiger partial charge on any atom is 0.311 e. The van der Waals surface area contributed by atoms with Gasteiger partial charge < -0.3 is 10.5 Å². The number of ether oxygens (including phenoxy) is 1. The van der Waals surface area contributed by atoms with Crippen molar-refractivity contribution >= 4 is 16.7 Å². The molecule has 3 N–H and O–H groups in total. The highest BCUT2D eigenvalue weighted by Crippen LogP contribution is 2.23. The van der Waals surface area contributed by atoms with Crippen LogP contribution < -0.4 is 5.73 Å². The number of carbonyl (C=O) groups is 1. The van der Waals surface area contributed by atoms with Crippen molar-refractivity contribution in [1.29, 1.82) is 0 Å². The van der Waals surface area contributed by atoms with Crippen molar-refractivity contribution in [3.8, 4) is 0 Å². The molecule has 0 fully saturated rings. The first-order valence-corrected chi connectivity index (χ1v) is 5.60.